The second kappa shape index (κ2) is 13.7. The number of nitrogens with zero attached hydrogens (tertiary/aromatic N) is 1. The predicted octanol–water partition coefficient (Wildman–Crippen LogP) is 16.8. The molecule has 0 atom stereocenters. The summed E-state index contributed by atoms with van der Waals surface area (Å²) >= 11 is 0. The maximum Gasteiger partial charge on any atom is 0.145 e. The Labute approximate surface area is 358 Å². The third kappa shape index (κ3) is 5.23. The first-order valence-electron chi connectivity index (χ1n) is 21.3. The van der Waals surface area contributed by atoms with Crippen molar-refractivity contribution >= 4 is 76.1 Å². The average Bonchev–Trinajstić information content (AvgIpc) is 3.90. The van der Waals surface area contributed by atoms with Crippen LogP contribution in [0.3, 0.4) is 0 Å². The molecule has 0 unspecified atom stereocenters. The zero-order valence-electron chi connectivity index (χ0n) is 33.7. The van der Waals surface area contributed by atoms with Gasteiger partial charge in [0.1, 0.15) is 11.2 Å². The second-order valence-electron chi connectivity index (χ2n) is 16.4. The summed E-state index contributed by atoms with van der Waals surface area (Å²) in [7, 11) is 0. The molecule has 0 N–H and O–H groups in total. The van der Waals surface area contributed by atoms with Crippen molar-refractivity contribution in [2.45, 2.75) is 0 Å². The lowest BCUT2D eigenvalue weighted by atomic mass is 9.87. The second-order valence-corrected chi connectivity index (χ2v) is 16.4. The van der Waals surface area contributed by atoms with Crippen LogP contribution in [0.1, 0.15) is 0 Å². The summed E-state index contributed by atoms with van der Waals surface area (Å²) in [6.45, 7) is 0. The highest BCUT2D eigenvalue weighted by Gasteiger charge is 2.21. The minimum Gasteiger partial charge on any atom is -0.455 e. The van der Waals surface area contributed by atoms with E-state index >= 15 is 0 Å². The first kappa shape index (κ1) is 34.6. The zero-order valence-corrected chi connectivity index (χ0v) is 33.7. The highest BCUT2D eigenvalue weighted by molar-refractivity contribution is 6.29. The van der Waals surface area contributed by atoms with Crippen molar-refractivity contribution in [3.8, 4) is 50.2 Å². The Morgan fingerprint density at radius 3 is 1.53 bits per heavy atom. The SMILES string of the molecule is c1ccc(-c2cc(-c3ccc(-c4ccc(-c5cccc6c7c8oc9ccccc9c8ccc7n(-c7ccccc7)c56)cc4)cc3)cc3c4ccccc4c4ccccc4c23)cc1. The van der Waals surface area contributed by atoms with Crippen molar-refractivity contribution in [3.63, 3.8) is 0 Å². The number of fused-ring (bicyclic) bond motifs is 13. The Hall–Kier alpha value is -8.20. The van der Waals surface area contributed by atoms with Gasteiger partial charge < -0.3 is 8.98 Å². The van der Waals surface area contributed by atoms with Gasteiger partial charge in [0.05, 0.1) is 16.4 Å². The van der Waals surface area contributed by atoms with E-state index in [2.05, 4.69) is 223 Å². The van der Waals surface area contributed by atoms with Crippen molar-refractivity contribution in [1.82, 2.24) is 4.57 Å². The van der Waals surface area contributed by atoms with Crippen molar-refractivity contribution in [2.24, 2.45) is 0 Å². The standard InChI is InChI=1S/C60H37NO/c1-3-14-41(15-4-1)53-36-43(37-54-48-20-8-7-18-46(48)47-19-9-10-22-50(47)57(53)54)40-28-26-38(27-29-40)39-30-32-42(33-31-39)45-23-13-24-52-58-55(61(59(45)52)44-16-5-2-6-17-44)35-34-51-49-21-11-12-25-56(49)62-60(51)58/h1-37H. The van der Waals surface area contributed by atoms with Crippen LogP contribution in [0.5, 0.6) is 0 Å². The molecule has 0 radical (unpaired) electrons. The predicted molar refractivity (Wildman–Crippen MR) is 262 cm³/mol. The molecule has 13 aromatic rings. The molecular weight excluding hydrogens is 751 g/mol. The molecule has 0 aliphatic carbocycles. The maximum absolute atomic E-state index is 6.63. The van der Waals surface area contributed by atoms with Crippen LogP contribution < -0.4 is 0 Å². The molecule has 2 aromatic heterocycles. The first-order chi connectivity index (χ1) is 30.8. The third-order valence-corrected chi connectivity index (χ3v) is 13.0. The lowest BCUT2D eigenvalue weighted by Gasteiger charge is -2.17. The van der Waals surface area contributed by atoms with Crippen LogP contribution in [-0.2, 0) is 0 Å². The maximum atomic E-state index is 6.63. The summed E-state index contributed by atoms with van der Waals surface area (Å²) < 4.78 is 9.04. The topological polar surface area (TPSA) is 18.1 Å². The Morgan fingerprint density at radius 2 is 0.823 bits per heavy atom. The lowest BCUT2D eigenvalue weighted by Crippen LogP contribution is -1.95. The van der Waals surface area contributed by atoms with Crippen LogP contribution in [-0.4, -0.2) is 4.57 Å². The number of hydrogen-bond acceptors (Lipinski definition) is 1. The summed E-state index contributed by atoms with van der Waals surface area (Å²) in [5.74, 6) is 0. The molecule has 0 saturated carbocycles. The summed E-state index contributed by atoms with van der Waals surface area (Å²) in [5.41, 5.74) is 14.9. The third-order valence-electron chi connectivity index (χ3n) is 13.0. The highest BCUT2D eigenvalue weighted by atomic mass is 16.3. The molecule has 2 heterocycles. The summed E-state index contributed by atoms with van der Waals surface area (Å²) in [6, 6.07) is 81.6. The molecule has 62 heavy (non-hydrogen) atoms. The van der Waals surface area contributed by atoms with Gasteiger partial charge in [0, 0.05) is 27.4 Å². The Balaban J connectivity index is 0.924. The van der Waals surface area contributed by atoms with Crippen LogP contribution in [0.15, 0.2) is 229 Å². The number of hydrogen-bond donors (Lipinski definition) is 0. The van der Waals surface area contributed by atoms with Gasteiger partial charge in [-0.15, -0.1) is 0 Å². The fourth-order valence-electron chi connectivity index (χ4n) is 10.2. The van der Waals surface area contributed by atoms with E-state index in [1.165, 1.54) is 87.7 Å². The first-order valence-corrected chi connectivity index (χ1v) is 21.3. The van der Waals surface area contributed by atoms with Crippen LogP contribution in [0.2, 0.25) is 0 Å². The van der Waals surface area contributed by atoms with E-state index in [0.29, 0.717) is 0 Å². The zero-order chi connectivity index (χ0) is 40.7. The number of aromatic nitrogens is 1. The van der Waals surface area contributed by atoms with Gasteiger partial charge in [-0.2, -0.15) is 0 Å². The summed E-state index contributed by atoms with van der Waals surface area (Å²) in [4.78, 5) is 0. The number of rotatable bonds is 5. The van der Waals surface area contributed by atoms with Crippen molar-refractivity contribution in [2.75, 3.05) is 0 Å². The fourth-order valence-corrected chi connectivity index (χ4v) is 10.2. The minimum absolute atomic E-state index is 0.909. The van der Waals surface area contributed by atoms with Crippen LogP contribution in [0, 0.1) is 0 Å². The van der Waals surface area contributed by atoms with Crippen LogP contribution in [0.4, 0.5) is 0 Å². The van der Waals surface area contributed by atoms with Gasteiger partial charge in [-0.25, -0.2) is 0 Å². The molecule has 0 saturated heterocycles. The van der Waals surface area contributed by atoms with E-state index in [9.17, 15) is 0 Å². The molecule has 0 amide bonds. The minimum atomic E-state index is 0.909. The summed E-state index contributed by atoms with van der Waals surface area (Å²) in [5, 5.41) is 12.3. The molecule has 288 valence electrons. The van der Waals surface area contributed by atoms with Crippen LogP contribution >= 0.6 is 0 Å². The molecule has 0 aliphatic rings. The number of para-hydroxylation sites is 3. The van der Waals surface area contributed by atoms with Gasteiger partial charge in [0.2, 0.25) is 0 Å². The van der Waals surface area contributed by atoms with Crippen molar-refractivity contribution in [3.05, 3.63) is 224 Å². The smallest absolute Gasteiger partial charge is 0.145 e. The Bertz CT molecular complexity index is 3870. The molecule has 11 aromatic carbocycles. The van der Waals surface area contributed by atoms with Crippen molar-refractivity contribution in [1.29, 1.82) is 0 Å². The molecule has 0 spiro atoms. The largest absolute Gasteiger partial charge is 0.455 e. The molecular formula is C60H37NO. The van der Waals surface area contributed by atoms with Crippen molar-refractivity contribution < 1.29 is 4.42 Å². The molecule has 0 bridgehead atoms. The van der Waals surface area contributed by atoms with E-state index in [4.69, 9.17) is 4.42 Å². The Kier molecular flexibility index (Phi) is 7.64. The molecule has 2 nitrogen and oxygen atoms in total. The number of furan rings is 1. The van der Waals surface area contributed by atoms with Gasteiger partial charge in [0.25, 0.3) is 0 Å². The van der Waals surface area contributed by atoms with Crippen LogP contribution in [0.25, 0.3) is 126 Å². The van der Waals surface area contributed by atoms with E-state index in [-0.39, 0.29) is 0 Å². The normalized spacial score (nSPS) is 11.9. The van der Waals surface area contributed by atoms with E-state index in [0.717, 1.165) is 38.5 Å². The van der Waals surface area contributed by atoms with Gasteiger partial charge >= 0.3 is 0 Å². The quantitative estimate of drug-likeness (QED) is 0.159. The molecule has 0 fully saturated rings. The highest BCUT2D eigenvalue weighted by Crippen LogP contribution is 2.45. The van der Waals surface area contributed by atoms with Gasteiger partial charge in [0.15, 0.2) is 0 Å². The van der Waals surface area contributed by atoms with E-state index < -0.39 is 0 Å². The average molecular weight is 788 g/mol. The Morgan fingerprint density at radius 1 is 0.290 bits per heavy atom. The molecule has 0 aliphatic heterocycles. The molecule has 13 rings (SSSR count). The van der Waals surface area contributed by atoms with E-state index in [1.54, 1.807) is 0 Å². The number of benzene rings is 11. The van der Waals surface area contributed by atoms with Gasteiger partial charge in [-0.1, -0.05) is 182 Å². The monoisotopic (exact) mass is 787 g/mol. The fraction of sp³-hybridized carbons (Fsp3) is 0. The van der Waals surface area contributed by atoms with E-state index in [1.807, 2.05) is 6.07 Å². The lowest BCUT2D eigenvalue weighted by molar-refractivity contribution is 0.673. The van der Waals surface area contributed by atoms with Gasteiger partial charge in [-0.05, 0) is 114 Å². The molecule has 2 heteroatoms. The summed E-state index contributed by atoms with van der Waals surface area (Å²) in [6.07, 6.45) is 0. The van der Waals surface area contributed by atoms with Gasteiger partial charge in [-0.3, -0.25) is 0 Å².